The lowest BCUT2D eigenvalue weighted by Gasteiger charge is -2.30. The SMILES string of the molecule is CC(C)(C(=O)NCC1CNC1)c1ccc(Br)cc1. The topological polar surface area (TPSA) is 41.1 Å². The predicted molar refractivity (Wildman–Crippen MR) is 76.5 cm³/mol. The Hall–Kier alpha value is -0.870. The first-order valence-electron chi connectivity index (χ1n) is 6.25. The molecule has 0 radical (unpaired) electrons. The van der Waals surface area contributed by atoms with Gasteiger partial charge in [-0.25, -0.2) is 0 Å². The number of benzene rings is 1. The summed E-state index contributed by atoms with van der Waals surface area (Å²) >= 11 is 3.41. The summed E-state index contributed by atoms with van der Waals surface area (Å²) in [6, 6.07) is 7.93. The van der Waals surface area contributed by atoms with Gasteiger partial charge >= 0.3 is 0 Å². The normalized spacial score (nSPS) is 16.2. The van der Waals surface area contributed by atoms with Crippen molar-refractivity contribution in [2.75, 3.05) is 19.6 Å². The average Bonchev–Trinajstić information content (AvgIpc) is 2.27. The predicted octanol–water partition coefficient (Wildman–Crippen LogP) is 2.06. The first-order valence-corrected chi connectivity index (χ1v) is 7.04. The number of hydrogen-bond acceptors (Lipinski definition) is 2. The maximum Gasteiger partial charge on any atom is 0.230 e. The molecule has 0 aliphatic carbocycles. The van der Waals surface area contributed by atoms with Crippen LogP contribution < -0.4 is 10.6 Å². The fraction of sp³-hybridized carbons (Fsp3) is 0.500. The molecule has 1 aromatic rings. The van der Waals surface area contributed by atoms with Crippen molar-refractivity contribution in [3.8, 4) is 0 Å². The summed E-state index contributed by atoms with van der Waals surface area (Å²) in [5.74, 6) is 0.686. The molecule has 0 atom stereocenters. The van der Waals surface area contributed by atoms with Crippen LogP contribution in [0.25, 0.3) is 0 Å². The molecular weight excluding hydrogens is 292 g/mol. The number of nitrogens with one attached hydrogen (secondary N) is 2. The monoisotopic (exact) mass is 310 g/mol. The van der Waals surface area contributed by atoms with Crippen LogP contribution in [0.2, 0.25) is 0 Å². The largest absolute Gasteiger partial charge is 0.355 e. The molecule has 0 aromatic heterocycles. The van der Waals surface area contributed by atoms with Gasteiger partial charge in [0.2, 0.25) is 5.91 Å². The molecule has 1 aromatic carbocycles. The van der Waals surface area contributed by atoms with E-state index in [1.54, 1.807) is 0 Å². The molecule has 1 heterocycles. The van der Waals surface area contributed by atoms with Crippen molar-refractivity contribution in [1.29, 1.82) is 0 Å². The fourth-order valence-electron chi connectivity index (χ4n) is 1.95. The Morgan fingerprint density at radius 2 is 2.00 bits per heavy atom. The van der Waals surface area contributed by atoms with E-state index in [1.807, 2.05) is 38.1 Å². The third kappa shape index (κ3) is 2.93. The second kappa shape index (κ2) is 5.41. The first kappa shape index (κ1) is 13.6. The maximum atomic E-state index is 12.3. The van der Waals surface area contributed by atoms with Crippen LogP contribution in [0, 0.1) is 5.92 Å². The Morgan fingerprint density at radius 1 is 1.39 bits per heavy atom. The van der Waals surface area contributed by atoms with Gasteiger partial charge in [0.15, 0.2) is 0 Å². The molecule has 1 saturated heterocycles. The molecule has 0 spiro atoms. The van der Waals surface area contributed by atoms with Crippen molar-refractivity contribution in [2.24, 2.45) is 5.92 Å². The van der Waals surface area contributed by atoms with Gasteiger partial charge in [0.05, 0.1) is 5.41 Å². The summed E-state index contributed by atoms with van der Waals surface area (Å²) in [5.41, 5.74) is 0.549. The van der Waals surface area contributed by atoms with Crippen LogP contribution in [0.1, 0.15) is 19.4 Å². The smallest absolute Gasteiger partial charge is 0.230 e. The number of hydrogen-bond donors (Lipinski definition) is 2. The molecule has 1 aliphatic rings. The number of halogens is 1. The zero-order chi connectivity index (χ0) is 13.2. The van der Waals surface area contributed by atoms with E-state index in [0.717, 1.165) is 29.7 Å². The van der Waals surface area contributed by atoms with Gasteiger partial charge in [0, 0.05) is 30.0 Å². The zero-order valence-corrected chi connectivity index (χ0v) is 12.4. The Balaban J connectivity index is 1.99. The van der Waals surface area contributed by atoms with Gasteiger partial charge in [-0.05, 0) is 31.5 Å². The van der Waals surface area contributed by atoms with Crippen LogP contribution in [-0.2, 0) is 10.2 Å². The van der Waals surface area contributed by atoms with Crippen LogP contribution in [0.3, 0.4) is 0 Å². The number of carbonyl (C=O) groups excluding carboxylic acids is 1. The van der Waals surface area contributed by atoms with Crippen LogP contribution in [0.15, 0.2) is 28.7 Å². The molecule has 2 N–H and O–H groups in total. The molecule has 1 amide bonds. The van der Waals surface area contributed by atoms with Crippen molar-refractivity contribution in [1.82, 2.24) is 10.6 Å². The van der Waals surface area contributed by atoms with Gasteiger partial charge in [-0.15, -0.1) is 0 Å². The molecule has 18 heavy (non-hydrogen) atoms. The molecule has 3 nitrogen and oxygen atoms in total. The average molecular weight is 311 g/mol. The second-order valence-electron chi connectivity index (χ2n) is 5.37. The quantitative estimate of drug-likeness (QED) is 0.894. The molecule has 0 unspecified atom stereocenters. The lowest BCUT2D eigenvalue weighted by molar-refractivity contribution is -0.125. The van der Waals surface area contributed by atoms with Crippen LogP contribution in [0.5, 0.6) is 0 Å². The molecule has 4 heteroatoms. The fourth-order valence-corrected chi connectivity index (χ4v) is 2.21. The Kier molecular flexibility index (Phi) is 4.07. The highest BCUT2D eigenvalue weighted by Crippen LogP contribution is 2.25. The van der Waals surface area contributed by atoms with Crippen molar-refractivity contribution < 1.29 is 4.79 Å². The van der Waals surface area contributed by atoms with Crippen LogP contribution in [-0.4, -0.2) is 25.5 Å². The van der Waals surface area contributed by atoms with Gasteiger partial charge in [-0.2, -0.15) is 0 Å². The lowest BCUT2D eigenvalue weighted by Crippen LogP contribution is -2.50. The van der Waals surface area contributed by atoms with E-state index in [4.69, 9.17) is 0 Å². The summed E-state index contributed by atoms with van der Waals surface area (Å²) in [6.07, 6.45) is 0. The summed E-state index contributed by atoms with van der Waals surface area (Å²) in [4.78, 5) is 12.3. The minimum absolute atomic E-state index is 0.0942. The maximum absolute atomic E-state index is 12.3. The molecule has 0 bridgehead atoms. The Morgan fingerprint density at radius 3 is 2.50 bits per heavy atom. The summed E-state index contributed by atoms with van der Waals surface area (Å²) in [7, 11) is 0. The van der Waals surface area contributed by atoms with Gasteiger partial charge in [-0.1, -0.05) is 28.1 Å². The van der Waals surface area contributed by atoms with E-state index in [9.17, 15) is 4.79 Å². The van der Waals surface area contributed by atoms with E-state index in [0.29, 0.717) is 5.92 Å². The minimum Gasteiger partial charge on any atom is -0.355 e. The van der Waals surface area contributed by atoms with E-state index in [2.05, 4.69) is 26.6 Å². The third-order valence-electron chi connectivity index (χ3n) is 3.55. The van der Waals surface area contributed by atoms with Gasteiger partial charge in [0.25, 0.3) is 0 Å². The zero-order valence-electron chi connectivity index (χ0n) is 10.8. The standard InChI is InChI=1S/C14H19BrN2O/c1-14(2,11-3-5-12(15)6-4-11)13(18)17-9-10-7-16-8-10/h3-6,10,16H,7-9H2,1-2H3,(H,17,18). The summed E-state index contributed by atoms with van der Waals surface area (Å²) in [5, 5.41) is 6.25. The van der Waals surface area contributed by atoms with Gasteiger partial charge in [-0.3, -0.25) is 4.79 Å². The number of amides is 1. The molecule has 2 rings (SSSR count). The van der Waals surface area contributed by atoms with E-state index >= 15 is 0 Å². The third-order valence-corrected chi connectivity index (χ3v) is 4.08. The van der Waals surface area contributed by atoms with Crippen molar-refractivity contribution in [3.05, 3.63) is 34.3 Å². The minimum atomic E-state index is -0.488. The molecule has 98 valence electrons. The van der Waals surface area contributed by atoms with Crippen molar-refractivity contribution in [2.45, 2.75) is 19.3 Å². The van der Waals surface area contributed by atoms with Crippen molar-refractivity contribution >= 4 is 21.8 Å². The van der Waals surface area contributed by atoms with Crippen LogP contribution in [0.4, 0.5) is 0 Å². The highest BCUT2D eigenvalue weighted by Gasteiger charge is 2.30. The first-order chi connectivity index (χ1) is 8.50. The number of rotatable bonds is 4. The Labute approximate surface area is 116 Å². The molecule has 1 aliphatic heterocycles. The Bertz CT molecular complexity index is 424. The molecule has 1 fully saturated rings. The molecular formula is C14H19BrN2O. The highest BCUT2D eigenvalue weighted by atomic mass is 79.9. The van der Waals surface area contributed by atoms with Crippen molar-refractivity contribution in [3.63, 3.8) is 0 Å². The van der Waals surface area contributed by atoms with E-state index < -0.39 is 5.41 Å². The molecule has 0 saturated carbocycles. The van der Waals surface area contributed by atoms with Crippen LogP contribution >= 0.6 is 15.9 Å². The van der Waals surface area contributed by atoms with Gasteiger partial charge in [0.1, 0.15) is 0 Å². The lowest BCUT2D eigenvalue weighted by atomic mass is 9.83. The highest BCUT2D eigenvalue weighted by molar-refractivity contribution is 9.10. The van der Waals surface area contributed by atoms with Gasteiger partial charge < -0.3 is 10.6 Å². The number of carbonyl (C=O) groups is 1. The van der Waals surface area contributed by atoms with E-state index in [-0.39, 0.29) is 5.91 Å². The summed E-state index contributed by atoms with van der Waals surface area (Å²) < 4.78 is 1.03. The second-order valence-corrected chi connectivity index (χ2v) is 6.28. The summed E-state index contributed by atoms with van der Waals surface area (Å²) in [6.45, 7) is 6.72. The van der Waals surface area contributed by atoms with E-state index in [1.165, 1.54) is 0 Å².